The van der Waals surface area contributed by atoms with Crippen molar-refractivity contribution in [1.29, 1.82) is 0 Å². The highest BCUT2D eigenvalue weighted by Crippen LogP contribution is 2.22. The zero-order valence-corrected chi connectivity index (χ0v) is 15.6. The van der Waals surface area contributed by atoms with Gasteiger partial charge >= 0.3 is 0 Å². The van der Waals surface area contributed by atoms with Crippen molar-refractivity contribution in [2.24, 2.45) is 4.99 Å². The lowest BCUT2D eigenvalue weighted by Crippen LogP contribution is -2.23. The van der Waals surface area contributed by atoms with Crippen molar-refractivity contribution >= 4 is 23.7 Å². The van der Waals surface area contributed by atoms with Gasteiger partial charge < -0.3 is 10.6 Å². The Bertz CT molecular complexity index is 919. The fourth-order valence-corrected chi connectivity index (χ4v) is 3.02. The lowest BCUT2D eigenvalue weighted by molar-refractivity contribution is 0.341. The van der Waals surface area contributed by atoms with Crippen molar-refractivity contribution in [2.45, 2.75) is 6.42 Å². The van der Waals surface area contributed by atoms with E-state index in [4.69, 9.17) is 0 Å². The Labute approximate surface area is 164 Å². The van der Waals surface area contributed by atoms with Gasteiger partial charge in [-0.3, -0.25) is 14.9 Å². The van der Waals surface area contributed by atoms with E-state index in [0.717, 1.165) is 55.5 Å². The molecular formula is C21H23N7. The molecule has 3 aromatic rings. The monoisotopic (exact) mass is 373 g/mol. The van der Waals surface area contributed by atoms with Crippen LogP contribution in [-0.2, 0) is 0 Å². The maximum absolute atomic E-state index is 4.55. The summed E-state index contributed by atoms with van der Waals surface area (Å²) in [5.41, 5.74) is 2.91. The van der Waals surface area contributed by atoms with Gasteiger partial charge in [0, 0.05) is 49.5 Å². The second-order valence-electron chi connectivity index (χ2n) is 6.55. The summed E-state index contributed by atoms with van der Waals surface area (Å²) < 4.78 is 0. The minimum absolute atomic E-state index is 0.566. The molecule has 4 rings (SSSR count). The molecule has 7 nitrogen and oxygen atoms in total. The first kappa shape index (κ1) is 18.1. The van der Waals surface area contributed by atoms with Crippen molar-refractivity contribution in [2.75, 3.05) is 36.9 Å². The average Bonchev–Trinajstić information content (AvgIpc) is 3.26. The normalized spacial score (nSPS) is 13.6. The number of pyridine rings is 1. The molecule has 2 N–H and O–H groups in total. The van der Waals surface area contributed by atoms with Gasteiger partial charge in [0.1, 0.15) is 5.82 Å². The van der Waals surface area contributed by atoms with Crippen LogP contribution in [-0.4, -0.2) is 52.4 Å². The Morgan fingerprint density at radius 1 is 1.00 bits per heavy atom. The number of aromatic nitrogens is 3. The van der Waals surface area contributed by atoms with E-state index in [2.05, 4.69) is 35.5 Å². The van der Waals surface area contributed by atoms with Crippen LogP contribution < -0.4 is 10.6 Å². The predicted molar refractivity (Wildman–Crippen MR) is 113 cm³/mol. The number of hydrogen-bond donors (Lipinski definition) is 2. The molecule has 0 bridgehead atoms. The van der Waals surface area contributed by atoms with Gasteiger partial charge in [-0.1, -0.05) is 18.2 Å². The summed E-state index contributed by atoms with van der Waals surface area (Å²) in [6.45, 7) is 3.67. The van der Waals surface area contributed by atoms with Gasteiger partial charge in [0.15, 0.2) is 0 Å². The number of anilines is 3. The molecule has 0 aliphatic carbocycles. The molecule has 0 fully saturated rings. The molecule has 0 spiro atoms. The Morgan fingerprint density at radius 3 is 2.86 bits per heavy atom. The largest absolute Gasteiger partial charge is 0.370 e. The second-order valence-corrected chi connectivity index (χ2v) is 6.55. The number of hydrogen-bond acceptors (Lipinski definition) is 7. The Kier molecular flexibility index (Phi) is 5.84. The molecule has 0 radical (unpaired) electrons. The third-order valence-electron chi connectivity index (χ3n) is 4.44. The van der Waals surface area contributed by atoms with Crippen LogP contribution >= 0.6 is 0 Å². The quantitative estimate of drug-likeness (QED) is 0.589. The summed E-state index contributed by atoms with van der Waals surface area (Å²) in [5, 5.41) is 6.64. The number of rotatable bonds is 8. The van der Waals surface area contributed by atoms with Gasteiger partial charge in [0.05, 0.1) is 12.4 Å². The van der Waals surface area contributed by atoms with Gasteiger partial charge in [-0.15, -0.1) is 0 Å². The molecule has 0 atom stereocenters. The minimum Gasteiger partial charge on any atom is -0.370 e. The Morgan fingerprint density at radius 2 is 2.00 bits per heavy atom. The lowest BCUT2D eigenvalue weighted by atomic mass is 10.1. The number of nitrogens with zero attached hydrogens (tertiary/aromatic N) is 5. The standard InChI is InChI=1S/C21H23N7/c1-2-9-23-19(7-1)17-5-3-6-18(15-17)26-21-25-11-8-20(27-21)24-10-4-13-28-14-12-22-16-28/h1-3,5-9,11-12,15H,4,10,13-14,16H2,(H2,24,25,26,27). The second kappa shape index (κ2) is 9.05. The maximum atomic E-state index is 4.55. The van der Waals surface area contributed by atoms with E-state index < -0.39 is 0 Å². The molecule has 0 saturated carbocycles. The smallest absolute Gasteiger partial charge is 0.229 e. The van der Waals surface area contributed by atoms with Crippen LogP contribution in [0.2, 0.25) is 0 Å². The van der Waals surface area contributed by atoms with Gasteiger partial charge in [0.25, 0.3) is 0 Å². The predicted octanol–water partition coefficient (Wildman–Crippen LogP) is 3.43. The molecule has 1 aliphatic heterocycles. The van der Waals surface area contributed by atoms with Crippen molar-refractivity contribution < 1.29 is 0 Å². The number of aliphatic imine (C=N–C) groups is 1. The van der Waals surface area contributed by atoms with Crippen molar-refractivity contribution in [1.82, 2.24) is 19.9 Å². The van der Waals surface area contributed by atoms with E-state index in [0.29, 0.717) is 5.95 Å². The molecule has 0 unspecified atom stereocenters. The summed E-state index contributed by atoms with van der Waals surface area (Å²) in [5.74, 6) is 1.38. The van der Waals surface area contributed by atoms with Gasteiger partial charge in [0.2, 0.25) is 5.95 Å². The third-order valence-corrected chi connectivity index (χ3v) is 4.44. The highest BCUT2D eigenvalue weighted by molar-refractivity contribution is 5.67. The lowest BCUT2D eigenvalue weighted by Gasteiger charge is -2.13. The van der Waals surface area contributed by atoms with Crippen LogP contribution in [0.1, 0.15) is 6.42 Å². The number of nitrogens with one attached hydrogen (secondary N) is 2. The third kappa shape index (κ3) is 4.89. The van der Waals surface area contributed by atoms with E-state index in [1.165, 1.54) is 0 Å². The van der Waals surface area contributed by atoms with Gasteiger partial charge in [-0.05, 0) is 36.8 Å². The molecule has 142 valence electrons. The van der Waals surface area contributed by atoms with Crippen molar-refractivity contribution in [3.05, 3.63) is 60.9 Å². The van der Waals surface area contributed by atoms with E-state index in [1.807, 2.05) is 54.7 Å². The van der Waals surface area contributed by atoms with E-state index in [9.17, 15) is 0 Å². The topological polar surface area (TPSA) is 78.3 Å². The van der Waals surface area contributed by atoms with Crippen LogP contribution in [0.5, 0.6) is 0 Å². The van der Waals surface area contributed by atoms with Crippen molar-refractivity contribution in [3.63, 3.8) is 0 Å². The highest BCUT2D eigenvalue weighted by Gasteiger charge is 2.06. The van der Waals surface area contributed by atoms with Gasteiger partial charge in [-0.2, -0.15) is 4.98 Å². The first-order chi connectivity index (χ1) is 13.9. The van der Waals surface area contributed by atoms with Crippen molar-refractivity contribution in [3.8, 4) is 11.3 Å². The van der Waals surface area contributed by atoms with E-state index in [1.54, 1.807) is 12.4 Å². The van der Waals surface area contributed by atoms with E-state index in [-0.39, 0.29) is 0 Å². The number of benzene rings is 1. The minimum atomic E-state index is 0.566. The summed E-state index contributed by atoms with van der Waals surface area (Å²) in [6.07, 6.45) is 6.57. The zero-order chi connectivity index (χ0) is 19.0. The molecule has 0 saturated heterocycles. The molecule has 1 aliphatic rings. The fraction of sp³-hybridized carbons (Fsp3) is 0.238. The fourth-order valence-electron chi connectivity index (χ4n) is 3.02. The zero-order valence-electron chi connectivity index (χ0n) is 15.6. The average molecular weight is 373 g/mol. The molecule has 7 heteroatoms. The summed E-state index contributed by atoms with van der Waals surface area (Å²) in [7, 11) is 0. The first-order valence-electron chi connectivity index (χ1n) is 9.43. The summed E-state index contributed by atoms with van der Waals surface area (Å²) >= 11 is 0. The SMILES string of the molecule is C1=NCN(CCCNc2ccnc(Nc3cccc(-c4ccccn4)c3)n2)C1. The highest BCUT2D eigenvalue weighted by atomic mass is 15.2. The van der Waals surface area contributed by atoms with Crippen LogP contribution in [0.25, 0.3) is 11.3 Å². The summed E-state index contributed by atoms with van der Waals surface area (Å²) in [4.78, 5) is 19.8. The molecule has 1 aromatic carbocycles. The molecule has 0 amide bonds. The van der Waals surface area contributed by atoms with Crippen LogP contribution in [0.4, 0.5) is 17.5 Å². The molecular weight excluding hydrogens is 350 g/mol. The molecule has 3 heterocycles. The van der Waals surface area contributed by atoms with Crippen LogP contribution in [0, 0.1) is 0 Å². The Hall–Kier alpha value is -3.32. The van der Waals surface area contributed by atoms with E-state index >= 15 is 0 Å². The maximum Gasteiger partial charge on any atom is 0.229 e. The summed E-state index contributed by atoms with van der Waals surface area (Å²) in [6, 6.07) is 15.9. The molecule has 28 heavy (non-hydrogen) atoms. The Balaban J connectivity index is 1.34. The first-order valence-corrected chi connectivity index (χ1v) is 9.43. The van der Waals surface area contributed by atoms with Crippen LogP contribution in [0.15, 0.2) is 65.9 Å². The van der Waals surface area contributed by atoms with Gasteiger partial charge in [-0.25, -0.2) is 4.98 Å². The molecule has 2 aromatic heterocycles. The van der Waals surface area contributed by atoms with Crippen LogP contribution in [0.3, 0.4) is 0 Å².